The number of aromatic nitrogens is 3. The van der Waals surface area contributed by atoms with Gasteiger partial charge in [0.2, 0.25) is 5.75 Å². The topological polar surface area (TPSA) is 71.5 Å². The van der Waals surface area contributed by atoms with Crippen LogP contribution in [0.2, 0.25) is 0 Å². The highest BCUT2D eigenvalue weighted by Crippen LogP contribution is 2.42. The Kier molecular flexibility index (Phi) is 4.19. The van der Waals surface area contributed by atoms with E-state index in [2.05, 4.69) is 10.1 Å². The monoisotopic (exact) mass is 365 g/mol. The number of hydrogen-bond acceptors (Lipinski definition) is 6. The van der Waals surface area contributed by atoms with Gasteiger partial charge in [0.15, 0.2) is 17.1 Å². The van der Waals surface area contributed by atoms with Gasteiger partial charge in [0.25, 0.3) is 0 Å². The fourth-order valence-electron chi connectivity index (χ4n) is 3.14. The van der Waals surface area contributed by atoms with Crippen LogP contribution in [-0.2, 0) is 7.05 Å². The molecule has 4 rings (SSSR count). The highest BCUT2D eigenvalue weighted by Gasteiger charge is 2.18. The third-order valence-corrected chi connectivity index (χ3v) is 4.46. The number of furan rings is 1. The Morgan fingerprint density at radius 3 is 2.26 bits per heavy atom. The molecular weight excluding hydrogens is 346 g/mol. The molecule has 0 bridgehead atoms. The molecule has 7 nitrogen and oxygen atoms in total. The summed E-state index contributed by atoms with van der Waals surface area (Å²) in [6.07, 6.45) is 3.52. The van der Waals surface area contributed by atoms with Crippen molar-refractivity contribution in [2.24, 2.45) is 7.05 Å². The summed E-state index contributed by atoms with van der Waals surface area (Å²) in [4.78, 5) is 4.44. The van der Waals surface area contributed by atoms with E-state index in [-0.39, 0.29) is 0 Å². The standard InChI is InChI=1S/C20H19N3O4/c1-23-15(6-8-22-23)13-5-7-21-14-11-16(27-19(13)14)12-9-17(24-2)20(26-4)18(10-12)25-3/h5-11H,1-4H3. The van der Waals surface area contributed by atoms with Crippen LogP contribution in [0.3, 0.4) is 0 Å². The van der Waals surface area contributed by atoms with Crippen molar-refractivity contribution in [3.05, 3.63) is 42.7 Å². The number of rotatable bonds is 5. The van der Waals surface area contributed by atoms with Crippen molar-refractivity contribution in [3.63, 3.8) is 0 Å². The molecule has 3 heterocycles. The molecule has 7 heteroatoms. The number of ether oxygens (including phenoxy) is 3. The molecule has 3 aromatic heterocycles. The van der Waals surface area contributed by atoms with Gasteiger partial charge in [0.1, 0.15) is 11.3 Å². The molecule has 138 valence electrons. The third kappa shape index (κ3) is 2.77. The third-order valence-electron chi connectivity index (χ3n) is 4.46. The highest BCUT2D eigenvalue weighted by molar-refractivity contribution is 5.91. The molecule has 0 aliphatic heterocycles. The molecule has 0 saturated heterocycles. The van der Waals surface area contributed by atoms with E-state index in [9.17, 15) is 0 Å². The van der Waals surface area contributed by atoms with Gasteiger partial charge >= 0.3 is 0 Å². The van der Waals surface area contributed by atoms with Crippen LogP contribution in [0.4, 0.5) is 0 Å². The van der Waals surface area contributed by atoms with Gasteiger partial charge in [0, 0.05) is 36.6 Å². The van der Waals surface area contributed by atoms with Crippen molar-refractivity contribution in [3.8, 4) is 39.8 Å². The zero-order valence-electron chi connectivity index (χ0n) is 15.5. The summed E-state index contributed by atoms with van der Waals surface area (Å²) in [5, 5.41) is 4.24. The number of nitrogens with zero attached hydrogens (tertiary/aromatic N) is 3. The summed E-state index contributed by atoms with van der Waals surface area (Å²) in [6.45, 7) is 0. The zero-order chi connectivity index (χ0) is 19.0. The first-order valence-electron chi connectivity index (χ1n) is 8.33. The Labute approximate surface area is 156 Å². The normalized spacial score (nSPS) is 11.0. The van der Waals surface area contributed by atoms with E-state index in [1.54, 1.807) is 38.4 Å². The zero-order valence-corrected chi connectivity index (χ0v) is 15.5. The SMILES string of the molecule is COc1cc(-c2cc3nccc(-c4ccnn4C)c3o2)cc(OC)c1OC. The van der Waals surface area contributed by atoms with Crippen molar-refractivity contribution in [1.82, 2.24) is 14.8 Å². The van der Waals surface area contributed by atoms with Gasteiger partial charge in [-0.25, -0.2) is 0 Å². The first-order chi connectivity index (χ1) is 13.2. The van der Waals surface area contributed by atoms with Gasteiger partial charge in [-0.2, -0.15) is 5.10 Å². The fourth-order valence-corrected chi connectivity index (χ4v) is 3.14. The molecule has 0 saturated carbocycles. The Hall–Kier alpha value is -3.48. The maximum absolute atomic E-state index is 6.18. The number of fused-ring (bicyclic) bond motifs is 1. The number of methoxy groups -OCH3 is 3. The van der Waals surface area contributed by atoms with Crippen LogP contribution < -0.4 is 14.2 Å². The largest absolute Gasteiger partial charge is 0.493 e. The van der Waals surface area contributed by atoms with E-state index in [1.165, 1.54) is 0 Å². The fraction of sp³-hybridized carbons (Fsp3) is 0.200. The summed E-state index contributed by atoms with van der Waals surface area (Å²) in [6, 6.07) is 9.46. The Morgan fingerprint density at radius 1 is 0.926 bits per heavy atom. The minimum absolute atomic E-state index is 0.536. The Bertz CT molecular complexity index is 1090. The van der Waals surface area contributed by atoms with Crippen molar-refractivity contribution in [2.45, 2.75) is 0 Å². The molecular formula is C20H19N3O4. The van der Waals surface area contributed by atoms with Gasteiger partial charge < -0.3 is 18.6 Å². The van der Waals surface area contributed by atoms with Crippen molar-refractivity contribution >= 4 is 11.1 Å². The predicted molar refractivity (Wildman–Crippen MR) is 101 cm³/mol. The first kappa shape index (κ1) is 17.0. The molecule has 4 aromatic rings. The predicted octanol–water partition coefficient (Wildman–Crippen LogP) is 3.92. The van der Waals surface area contributed by atoms with Crippen molar-refractivity contribution < 1.29 is 18.6 Å². The van der Waals surface area contributed by atoms with Crippen LogP contribution in [0, 0.1) is 0 Å². The quantitative estimate of drug-likeness (QED) is 0.534. The average Bonchev–Trinajstić information content (AvgIpc) is 3.32. The summed E-state index contributed by atoms with van der Waals surface area (Å²) >= 11 is 0. The summed E-state index contributed by atoms with van der Waals surface area (Å²) < 4.78 is 24.2. The van der Waals surface area contributed by atoms with E-state index < -0.39 is 0 Å². The summed E-state index contributed by atoms with van der Waals surface area (Å²) in [5.41, 5.74) is 4.15. The van der Waals surface area contributed by atoms with E-state index in [0.717, 1.165) is 22.3 Å². The van der Waals surface area contributed by atoms with E-state index in [4.69, 9.17) is 18.6 Å². The highest BCUT2D eigenvalue weighted by atomic mass is 16.5. The second kappa shape index (κ2) is 6.68. The second-order valence-electron chi connectivity index (χ2n) is 5.94. The molecule has 0 amide bonds. The minimum atomic E-state index is 0.536. The van der Waals surface area contributed by atoms with Crippen LogP contribution in [0.5, 0.6) is 17.2 Å². The number of hydrogen-bond donors (Lipinski definition) is 0. The summed E-state index contributed by atoms with van der Waals surface area (Å²) in [5.74, 6) is 2.32. The van der Waals surface area contributed by atoms with Gasteiger partial charge in [-0.05, 0) is 24.3 Å². The molecule has 0 spiro atoms. The van der Waals surface area contributed by atoms with Crippen molar-refractivity contribution in [1.29, 1.82) is 0 Å². The molecule has 0 aliphatic rings. The maximum atomic E-state index is 6.18. The van der Waals surface area contributed by atoms with E-state index >= 15 is 0 Å². The lowest BCUT2D eigenvalue weighted by atomic mass is 10.1. The van der Waals surface area contributed by atoms with E-state index in [1.807, 2.05) is 37.4 Å². The Balaban J connectivity index is 1.90. The molecule has 0 aliphatic carbocycles. The van der Waals surface area contributed by atoms with Gasteiger partial charge in [-0.3, -0.25) is 9.67 Å². The van der Waals surface area contributed by atoms with Gasteiger partial charge in [-0.15, -0.1) is 0 Å². The van der Waals surface area contributed by atoms with Crippen LogP contribution >= 0.6 is 0 Å². The lowest BCUT2D eigenvalue weighted by molar-refractivity contribution is 0.324. The van der Waals surface area contributed by atoms with Crippen LogP contribution in [-0.4, -0.2) is 36.1 Å². The lowest BCUT2D eigenvalue weighted by Crippen LogP contribution is -1.95. The van der Waals surface area contributed by atoms with Crippen LogP contribution in [0.1, 0.15) is 0 Å². The van der Waals surface area contributed by atoms with Crippen molar-refractivity contribution in [2.75, 3.05) is 21.3 Å². The number of aryl methyl sites for hydroxylation is 1. The number of benzene rings is 1. The maximum Gasteiger partial charge on any atom is 0.203 e. The lowest BCUT2D eigenvalue weighted by Gasteiger charge is -2.13. The van der Waals surface area contributed by atoms with E-state index in [0.29, 0.717) is 28.6 Å². The molecule has 0 radical (unpaired) electrons. The van der Waals surface area contributed by atoms with Crippen LogP contribution in [0.25, 0.3) is 33.7 Å². The molecule has 0 unspecified atom stereocenters. The van der Waals surface area contributed by atoms with Crippen LogP contribution in [0.15, 0.2) is 47.1 Å². The van der Waals surface area contributed by atoms with Gasteiger partial charge in [-0.1, -0.05) is 0 Å². The average molecular weight is 365 g/mol. The molecule has 27 heavy (non-hydrogen) atoms. The smallest absolute Gasteiger partial charge is 0.203 e. The van der Waals surface area contributed by atoms with Gasteiger partial charge in [0.05, 0.1) is 27.0 Å². The first-order valence-corrected chi connectivity index (χ1v) is 8.33. The Morgan fingerprint density at radius 2 is 1.67 bits per heavy atom. The summed E-state index contributed by atoms with van der Waals surface area (Å²) in [7, 11) is 6.64. The molecule has 0 fully saturated rings. The minimum Gasteiger partial charge on any atom is -0.493 e. The molecule has 1 aromatic carbocycles. The second-order valence-corrected chi connectivity index (χ2v) is 5.94. The molecule has 0 atom stereocenters. The molecule has 0 N–H and O–H groups in total. The number of pyridine rings is 1.